The van der Waals surface area contributed by atoms with Crippen molar-refractivity contribution in [3.63, 3.8) is 0 Å². The standard InChI is InChI=1S/C34H28Cl2/c1-23-21-29-27(25-11-5-3-6-12-25)15-9-17-31(29)33(23,35)19-20-34(36)24(2)22-30-28(16-10-18-32(30)34)26-13-7-4-8-14-26/h3-18,21-22H,19-20H2,1-2H3. The van der Waals surface area contributed by atoms with E-state index < -0.39 is 9.75 Å². The van der Waals surface area contributed by atoms with Crippen LogP contribution in [0.15, 0.2) is 108 Å². The Bertz CT molecular complexity index is 1400. The van der Waals surface area contributed by atoms with Gasteiger partial charge in [-0.25, -0.2) is 0 Å². The second-order valence-electron chi connectivity index (χ2n) is 10.0. The molecule has 0 fully saturated rings. The molecule has 0 saturated carbocycles. The zero-order valence-corrected chi connectivity index (χ0v) is 22.1. The highest BCUT2D eigenvalue weighted by molar-refractivity contribution is 6.29. The van der Waals surface area contributed by atoms with E-state index in [1.54, 1.807) is 0 Å². The van der Waals surface area contributed by atoms with Crippen LogP contribution in [0.1, 0.15) is 48.9 Å². The molecule has 0 bridgehead atoms. The van der Waals surface area contributed by atoms with Crippen molar-refractivity contribution in [2.75, 3.05) is 0 Å². The number of rotatable bonds is 5. The minimum atomic E-state index is -0.567. The second-order valence-corrected chi connectivity index (χ2v) is 11.3. The molecule has 0 heterocycles. The zero-order chi connectivity index (χ0) is 24.9. The molecule has 0 spiro atoms. The van der Waals surface area contributed by atoms with Crippen LogP contribution < -0.4 is 0 Å². The van der Waals surface area contributed by atoms with Crippen LogP contribution in [-0.4, -0.2) is 0 Å². The van der Waals surface area contributed by atoms with E-state index in [0.717, 1.165) is 12.8 Å². The summed E-state index contributed by atoms with van der Waals surface area (Å²) in [6, 6.07) is 34.1. The maximum atomic E-state index is 7.51. The van der Waals surface area contributed by atoms with Crippen LogP contribution in [0.25, 0.3) is 34.4 Å². The molecule has 0 saturated heterocycles. The van der Waals surface area contributed by atoms with E-state index in [9.17, 15) is 0 Å². The summed E-state index contributed by atoms with van der Waals surface area (Å²) in [6.45, 7) is 4.31. The zero-order valence-electron chi connectivity index (χ0n) is 20.6. The first kappa shape index (κ1) is 23.3. The highest BCUT2D eigenvalue weighted by Gasteiger charge is 2.44. The predicted octanol–water partition coefficient (Wildman–Crippen LogP) is 10.2. The molecule has 0 N–H and O–H groups in total. The highest BCUT2D eigenvalue weighted by atomic mass is 35.5. The van der Waals surface area contributed by atoms with E-state index in [0.29, 0.717) is 0 Å². The largest absolute Gasteiger partial charge is 0.109 e. The van der Waals surface area contributed by atoms with Crippen molar-refractivity contribution >= 4 is 35.4 Å². The molecule has 0 aromatic heterocycles. The molecule has 0 nitrogen and oxygen atoms in total. The van der Waals surface area contributed by atoms with Gasteiger partial charge in [-0.1, -0.05) is 109 Å². The average Bonchev–Trinajstić information content (AvgIpc) is 3.33. The Labute approximate surface area is 223 Å². The Kier molecular flexibility index (Phi) is 5.71. The van der Waals surface area contributed by atoms with Crippen LogP contribution >= 0.6 is 23.2 Å². The number of fused-ring (bicyclic) bond motifs is 2. The summed E-state index contributed by atoms with van der Waals surface area (Å²) in [4.78, 5) is -1.13. The highest BCUT2D eigenvalue weighted by Crippen LogP contribution is 2.56. The van der Waals surface area contributed by atoms with Gasteiger partial charge in [-0.15, -0.1) is 23.2 Å². The summed E-state index contributed by atoms with van der Waals surface area (Å²) in [6.07, 6.45) is 6.05. The van der Waals surface area contributed by atoms with Gasteiger partial charge in [-0.05, 0) is 82.3 Å². The van der Waals surface area contributed by atoms with Gasteiger partial charge in [0.25, 0.3) is 0 Å². The smallest absolute Gasteiger partial charge is 0.0911 e. The van der Waals surface area contributed by atoms with E-state index in [1.165, 1.54) is 55.7 Å². The van der Waals surface area contributed by atoms with Gasteiger partial charge in [0.2, 0.25) is 0 Å². The molecule has 2 heteroatoms. The third kappa shape index (κ3) is 3.59. The van der Waals surface area contributed by atoms with Crippen LogP contribution in [-0.2, 0) is 9.75 Å². The number of benzene rings is 4. The monoisotopic (exact) mass is 506 g/mol. The Morgan fingerprint density at radius 2 is 0.889 bits per heavy atom. The summed E-state index contributed by atoms with van der Waals surface area (Å²) < 4.78 is 0. The first-order valence-corrected chi connectivity index (χ1v) is 13.3. The molecule has 2 aliphatic carbocycles. The molecule has 2 unspecified atom stereocenters. The van der Waals surface area contributed by atoms with E-state index in [4.69, 9.17) is 23.2 Å². The summed E-state index contributed by atoms with van der Waals surface area (Å²) in [5.74, 6) is 0. The second kappa shape index (κ2) is 8.80. The van der Waals surface area contributed by atoms with Gasteiger partial charge in [0, 0.05) is 0 Å². The summed E-state index contributed by atoms with van der Waals surface area (Å²) in [5, 5.41) is 0. The van der Waals surface area contributed by atoms with Gasteiger partial charge in [0.1, 0.15) is 0 Å². The number of hydrogen-bond acceptors (Lipinski definition) is 0. The number of alkyl halides is 2. The summed E-state index contributed by atoms with van der Waals surface area (Å²) in [5.41, 5.74) is 12.1. The first-order chi connectivity index (χ1) is 17.4. The maximum absolute atomic E-state index is 7.51. The molecule has 0 aliphatic heterocycles. The maximum Gasteiger partial charge on any atom is 0.0911 e. The number of hydrogen-bond donors (Lipinski definition) is 0. The third-order valence-corrected chi connectivity index (χ3v) is 9.40. The van der Waals surface area contributed by atoms with Crippen molar-refractivity contribution < 1.29 is 0 Å². The molecular weight excluding hydrogens is 479 g/mol. The van der Waals surface area contributed by atoms with Crippen LogP contribution in [0.5, 0.6) is 0 Å². The van der Waals surface area contributed by atoms with Crippen molar-refractivity contribution in [1.29, 1.82) is 0 Å². The molecule has 0 amide bonds. The molecule has 4 aromatic rings. The van der Waals surface area contributed by atoms with E-state index in [2.05, 4.69) is 123 Å². The van der Waals surface area contributed by atoms with Gasteiger partial charge in [-0.2, -0.15) is 0 Å². The van der Waals surface area contributed by atoms with Crippen molar-refractivity contribution in [3.8, 4) is 22.3 Å². The molecule has 0 radical (unpaired) electrons. The van der Waals surface area contributed by atoms with E-state index >= 15 is 0 Å². The summed E-state index contributed by atoms with van der Waals surface area (Å²) in [7, 11) is 0. The van der Waals surface area contributed by atoms with Gasteiger partial charge in [0.15, 0.2) is 0 Å². The Morgan fingerprint density at radius 3 is 1.28 bits per heavy atom. The van der Waals surface area contributed by atoms with E-state index in [1.807, 2.05) is 0 Å². The molecule has 2 atom stereocenters. The normalized spacial score (nSPS) is 22.1. The summed E-state index contributed by atoms with van der Waals surface area (Å²) >= 11 is 15.0. The third-order valence-electron chi connectivity index (χ3n) is 8.02. The van der Waals surface area contributed by atoms with E-state index in [-0.39, 0.29) is 0 Å². The fourth-order valence-electron chi connectivity index (χ4n) is 5.97. The fourth-order valence-corrected chi connectivity index (χ4v) is 6.59. The Hall–Kier alpha value is -3.06. The van der Waals surface area contributed by atoms with Crippen LogP contribution in [0, 0.1) is 0 Å². The first-order valence-electron chi connectivity index (χ1n) is 12.5. The SMILES string of the molecule is CC1=Cc2c(-c3ccccc3)cccc2C1(Cl)CCC1(Cl)C(C)=Cc2c(-c3ccccc3)cccc21. The molecule has 36 heavy (non-hydrogen) atoms. The van der Waals surface area contributed by atoms with Crippen LogP contribution in [0.3, 0.4) is 0 Å². The van der Waals surface area contributed by atoms with Crippen molar-refractivity contribution in [2.45, 2.75) is 36.4 Å². The lowest BCUT2D eigenvalue weighted by atomic mass is 9.82. The topological polar surface area (TPSA) is 0 Å². The average molecular weight is 508 g/mol. The molecule has 178 valence electrons. The quantitative estimate of drug-likeness (QED) is 0.236. The van der Waals surface area contributed by atoms with Crippen molar-refractivity contribution in [1.82, 2.24) is 0 Å². The van der Waals surface area contributed by atoms with Gasteiger partial charge < -0.3 is 0 Å². The van der Waals surface area contributed by atoms with Crippen molar-refractivity contribution in [3.05, 3.63) is 130 Å². The lowest BCUT2D eigenvalue weighted by molar-refractivity contribution is 0.537. The number of halogens is 2. The predicted molar refractivity (Wildman–Crippen MR) is 155 cm³/mol. The Morgan fingerprint density at radius 1 is 0.500 bits per heavy atom. The Balaban J connectivity index is 1.35. The van der Waals surface area contributed by atoms with Gasteiger partial charge in [0.05, 0.1) is 9.75 Å². The van der Waals surface area contributed by atoms with Crippen molar-refractivity contribution in [2.24, 2.45) is 0 Å². The van der Waals surface area contributed by atoms with Crippen LogP contribution in [0.2, 0.25) is 0 Å². The fraction of sp³-hybridized carbons (Fsp3) is 0.176. The molecular formula is C34H28Cl2. The molecule has 6 rings (SSSR count). The molecule has 2 aliphatic rings. The van der Waals surface area contributed by atoms with Crippen LogP contribution in [0.4, 0.5) is 0 Å². The lowest BCUT2D eigenvalue weighted by Crippen LogP contribution is -2.25. The van der Waals surface area contributed by atoms with Gasteiger partial charge in [-0.3, -0.25) is 0 Å². The number of allylic oxidation sites excluding steroid dienone is 2. The van der Waals surface area contributed by atoms with Gasteiger partial charge >= 0.3 is 0 Å². The lowest BCUT2D eigenvalue weighted by Gasteiger charge is -2.32. The minimum Gasteiger partial charge on any atom is -0.109 e. The molecule has 4 aromatic carbocycles. The minimum absolute atomic E-state index is 0.567.